The number of aromatic nitrogens is 1. The second-order valence-corrected chi connectivity index (χ2v) is 4.47. The highest BCUT2D eigenvalue weighted by molar-refractivity contribution is 5.92. The van der Waals surface area contributed by atoms with Gasteiger partial charge in [-0.1, -0.05) is 12.8 Å². The molecule has 0 aliphatic heterocycles. The van der Waals surface area contributed by atoms with E-state index < -0.39 is 0 Å². The third kappa shape index (κ3) is 4.61. The number of amides is 1. The number of hydrogen-bond acceptors (Lipinski definition) is 2. The first-order valence-electron chi connectivity index (χ1n) is 6.26. The number of carbonyl (C=O) groups is 1. The van der Waals surface area contributed by atoms with Gasteiger partial charge in [0.15, 0.2) is 0 Å². The van der Waals surface area contributed by atoms with Crippen molar-refractivity contribution < 1.29 is 4.79 Å². The molecule has 0 radical (unpaired) electrons. The van der Waals surface area contributed by atoms with Gasteiger partial charge in [0.25, 0.3) is 5.91 Å². The van der Waals surface area contributed by atoms with Gasteiger partial charge in [-0.05, 0) is 37.9 Å². The second kappa shape index (κ2) is 7.12. The van der Waals surface area contributed by atoms with Crippen molar-refractivity contribution in [2.45, 2.75) is 32.6 Å². The van der Waals surface area contributed by atoms with Gasteiger partial charge in [-0.15, -0.1) is 0 Å². The summed E-state index contributed by atoms with van der Waals surface area (Å²) >= 11 is 0. The van der Waals surface area contributed by atoms with E-state index in [1.807, 2.05) is 30.8 Å². The van der Waals surface area contributed by atoms with E-state index in [1.54, 1.807) is 0 Å². The molecule has 1 aromatic heterocycles. The molecule has 4 nitrogen and oxygen atoms in total. The highest BCUT2D eigenvalue weighted by atomic mass is 16.1. The second-order valence-electron chi connectivity index (χ2n) is 4.47. The first-order valence-corrected chi connectivity index (χ1v) is 6.26. The van der Waals surface area contributed by atoms with Crippen molar-refractivity contribution in [3.05, 3.63) is 23.5 Å². The summed E-state index contributed by atoms with van der Waals surface area (Å²) in [6.45, 7) is 3.49. The van der Waals surface area contributed by atoms with Crippen molar-refractivity contribution in [2.75, 3.05) is 13.1 Å². The maximum Gasteiger partial charge on any atom is 0.267 e. The molecule has 3 N–H and O–H groups in total. The normalized spacial score (nSPS) is 10.5. The monoisotopic (exact) mass is 237 g/mol. The quantitative estimate of drug-likeness (QED) is 0.707. The number of nitrogens with one attached hydrogen (secondary N) is 1. The Labute approximate surface area is 103 Å². The molecule has 0 bridgehead atoms. The van der Waals surface area contributed by atoms with Crippen LogP contribution in [-0.4, -0.2) is 23.6 Å². The van der Waals surface area contributed by atoms with Crippen LogP contribution in [0.2, 0.25) is 0 Å². The van der Waals surface area contributed by atoms with Crippen molar-refractivity contribution in [3.8, 4) is 0 Å². The molecule has 0 aliphatic carbocycles. The number of nitrogens with zero attached hydrogens (tertiary/aromatic N) is 1. The van der Waals surface area contributed by atoms with Gasteiger partial charge in [0, 0.05) is 19.8 Å². The molecule has 0 aromatic carbocycles. The number of nitrogens with two attached hydrogens (primary N) is 1. The molecule has 1 aromatic rings. The van der Waals surface area contributed by atoms with E-state index in [4.69, 9.17) is 5.73 Å². The Morgan fingerprint density at radius 1 is 1.35 bits per heavy atom. The number of hydrogen-bond donors (Lipinski definition) is 2. The molecule has 1 amide bonds. The van der Waals surface area contributed by atoms with Crippen LogP contribution in [0, 0.1) is 6.92 Å². The Hall–Kier alpha value is -1.29. The minimum atomic E-state index is 0.0134. The summed E-state index contributed by atoms with van der Waals surface area (Å²) in [5.41, 5.74) is 7.25. The average Bonchev–Trinajstić information content (AvgIpc) is 2.62. The maximum atomic E-state index is 11.8. The van der Waals surface area contributed by atoms with Crippen LogP contribution in [0.1, 0.15) is 41.7 Å². The lowest BCUT2D eigenvalue weighted by Crippen LogP contribution is -2.26. The minimum Gasteiger partial charge on any atom is -0.351 e. The molecule has 1 rings (SSSR count). The molecular formula is C13H23N3O. The lowest BCUT2D eigenvalue weighted by Gasteiger charge is -2.05. The first-order chi connectivity index (χ1) is 8.15. The fraction of sp³-hybridized carbons (Fsp3) is 0.615. The molecule has 0 spiro atoms. The Morgan fingerprint density at radius 3 is 2.65 bits per heavy atom. The van der Waals surface area contributed by atoms with Gasteiger partial charge in [0.2, 0.25) is 0 Å². The molecule has 0 saturated heterocycles. The molecule has 0 unspecified atom stereocenters. The van der Waals surface area contributed by atoms with Crippen LogP contribution in [0.15, 0.2) is 12.3 Å². The topological polar surface area (TPSA) is 60.1 Å². The minimum absolute atomic E-state index is 0.0134. The molecule has 0 saturated carbocycles. The van der Waals surface area contributed by atoms with Crippen LogP contribution in [0.4, 0.5) is 0 Å². The third-order valence-corrected chi connectivity index (χ3v) is 2.79. The van der Waals surface area contributed by atoms with Gasteiger partial charge in [0.1, 0.15) is 5.69 Å². The number of carbonyl (C=O) groups excluding carboxylic acids is 1. The molecular weight excluding hydrogens is 214 g/mol. The maximum absolute atomic E-state index is 11.8. The fourth-order valence-corrected chi connectivity index (χ4v) is 1.87. The van der Waals surface area contributed by atoms with Crippen LogP contribution in [0.25, 0.3) is 0 Å². The van der Waals surface area contributed by atoms with Gasteiger partial charge in [-0.2, -0.15) is 0 Å². The van der Waals surface area contributed by atoms with Crippen molar-refractivity contribution in [1.82, 2.24) is 9.88 Å². The summed E-state index contributed by atoms with van der Waals surface area (Å²) in [6, 6.07) is 1.91. The van der Waals surface area contributed by atoms with Gasteiger partial charge >= 0.3 is 0 Å². The zero-order chi connectivity index (χ0) is 12.7. The predicted molar refractivity (Wildman–Crippen MR) is 70.0 cm³/mol. The Balaban J connectivity index is 2.23. The van der Waals surface area contributed by atoms with E-state index >= 15 is 0 Å². The lowest BCUT2D eigenvalue weighted by atomic mass is 10.2. The Bertz CT molecular complexity index is 358. The number of rotatable bonds is 7. The largest absolute Gasteiger partial charge is 0.351 e. The van der Waals surface area contributed by atoms with Gasteiger partial charge < -0.3 is 15.6 Å². The van der Waals surface area contributed by atoms with E-state index in [-0.39, 0.29) is 5.91 Å². The van der Waals surface area contributed by atoms with Crippen molar-refractivity contribution in [2.24, 2.45) is 12.8 Å². The lowest BCUT2D eigenvalue weighted by molar-refractivity contribution is 0.0945. The molecule has 0 aliphatic rings. The van der Waals surface area contributed by atoms with Gasteiger partial charge in [0.05, 0.1) is 0 Å². The van der Waals surface area contributed by atoms with Crippen molar-refractivity contribution in [3.63, 3.8) is 0 Å². The smallest absolute Gasteiger partial charge is 0.267 e. The fourth-order valence-electron chi connectivity index (χ4n) is 1.87. The molecule has 4 heteroatoms. The van der Waals surface area contributed by atoms with Crippen molar-refractivity contribution in [1.29, 1.82) is 0 Å². The SMILES string of the molecule is Cc1cc(C(=O)NCCCCCCN)n(C)c1. The summed E-state index contributed by atoms with van der Waals surface area (Å²) in [7, 11) is 1.89. The van der Waals surface area contributed by atoms with Gasteiger partial charge in [-0.25, -0.2) is 0 Å². The molecule has 0 fully saturated rings. The van der Waals surface area contributed by atoms with E-state index in [1.165, 1.54) is 0 Å². The highest BCUT2D eigenvalue weighted by Crippen LogP contribution is 2.05. The van der Waals surface area contributed by atoms with E-state index in [2.05, 4.69) is 5.32 Å². The Morgan fingerprint density at radius 2 is 2.06 bits per heavy atom. The van der Waals surface area contributed by atoms with Gasteiger partial charge in [-0.3, -0.25) is 4.79 Å². The summed E-state index contributed by atoms with van der Waals surface area (Å²) in [5, 5.41) is 2.94. The first kappa shape index (κ1) is 13.8. The van der Waals surface area contributed by atoms with Crippen LogP contribution in [0.5, 0.6) is 0 Å². The average molecular weight is 237 g/mol. The van der Waals surface area contributed by atoms with Crippen LogP contribution < -0.4 is 11.1 Å². The zero-order valence-corrected chi connectivity index (χ0v) is 10.8. The summed E-state index contributed by atoms with van der Waals surface area (Å²) in [6.07, 6.45) is 6.33. The molecule has 96 valence electrons. The summed E-state index contributed by atoms with van der Waals surface area (Å²) in [5.74, 6) is 0.0134. The number of unbranched alkanes of at least 4 members (excludes halogenated alkanes) is 3. The highest BCUT2D eigenvalue weighted by Gasteiger charge is 2.09. The third-order valence-electron chi connectivity index (χ3n) is 2.79. The molecule has 1 heterocycles. The summed E-state index contributed by atoms with van der Waals surface area (Å²) in [4.78, 5) is 11.8. The van der Waals surface area contributed by atoms with E-state index in [0.29, 0.717) is 0 Å². The number of aryl methyl sites for hydroxylation is 2. The van der Waals surface area contributed by atoms with E-state index in [0.717, 1.165) is 50.0 Å². The summed E-state index contributed by atoms with van der Waals surface area (Å²) < 4.78 is 1.86. The zero-order valence-electron chi connectivity index (χ0n) is 10.8. The van der Waals surface area contributed by atoms with E-state index in [9.17, 15) is 4.79 Å². The van der Waals surface area contributed by atoms with Crippen LogP contribution in [-0.2, 0) is 7.05 Å². The Kier molecular flexibility index (Phi) is 5.77. The van der Waals surface area contributed by atoms with Crippen molar-refractivity contribution >= 4 is 5.91 Å². The molecule has 17 heavy (non-hydrogen) atoms. The molecule has 0 atom stereocenters. The standard InChI is InChI=1S/C13H23N3O/c1-11-9-12(16(2)10-11)13(17)15-8-6-4-3-5-7-14/h9-10H,3-8,14H2,1-2H3,(H,15,17). The predicted octanol–water partition coefficient (Wildman–Crippen LogP) is 1.58. The van der Waals surface area contributed by atoms with Crippen LogP contribution in [0.3, 0.4) is 0 Å². The van der Waals surface area contributed by atoms with Crippen LogP contribution >= 0.6 is 0 Å².